The van der Waals surface area contributed by atoms with Crippen LogP contribution in [0.25, 0.3) is 38.5 Å². The molecule has 0 bridgehead atoms. The monoisotopic (exact) mass is 717 g/mol. The quantitative estimate of drug-likeness (QED) is 0.129. The molecule has 1 amide bonds. The molecule has 0 radical (unpaired) electrons. The molecule has 14 heteroatoms. The second-order valence-corrected chi connectivity index (χ2v) is 14.7. The fourth-order valence-electron chi connectivity index (χ4n) is 6.49. The van der Waals surface area contributed by atoms with Gasteiger partial charge in [-0.05, 0) is 82.5 Å². The maximum Gasteiger partial charge on any atom is 0.361 e. The summed E-state index contributed by atoms with van der Waals surface area (Å²) in [4.78, 5) is 25.1. The molecule has 258 valence electrons. The first-order valence-corrected chi connectivity index (χ1v) is 18.7. The van der Waals surface area contributed by atoms with E-state index < -0.39 is 25.3 Å². The van der Waals surface area contributed by atoms with Crippen LogP contribution in [0.5, 0.6) is 0 Å². The van der Waals surface area contributed by atoms with Crippen LogP contribution in [-0.2, 0) is 18.4 Å². The highest BCUT2D eigenvalue weighted by molar-refractivity contribution is 7.62. The van der Waals surface area contributed by atoms with Gasteiger partial charge in [0, 0.05) is 34.7 Å². The van der Waals surface area contributed by atoms with Gasteiger partial charge in [-0.2, -0.15) is 0 Å². The lowest BCUT2D eigenvalue weighted by Gasteiger charge is -2.35. The third-order valence-electron chi connectivity index (χ3n) is 8.69. The number of rotatable bonds is 10. The molecular weight excluding hydrogens is 683 g/mol. The summed E-state index contributed by atoms with van der Waals surface area (Å²) in [6, 6.07) is 15.9. The van der Waals surface area contributed by atoms with Gasteiger partial charge in [0.05, 0.1) is 47.0 Å². The lowest BCUT2D eigenvalue weighted by atomic mass is 9.99. The van der Waals surface area contributed by atoms with E-state index in [-0.39, 0.29) is 31.2 Å². The molecule has 0 unspecified atom stereocenters. The van der Waals surface area contributed by atoms with Gasteiger partial charge in [-0.15, -0.1) is 11.3 Å². The second-order valence-electron chi connectivity index (χ2n) is 11.9. The first-order valence-electron chi connectivity index (χ1n) is 16.3. The van der Waals surface area contributed by atoms with E-state index in [1.807, 2.05) is 54.1 Å². The van der Waals surface area contributed by atoms with Crippen LogP contribution in [0.4, 0.5) is 14.5 Å². The number of benzene rings is 3. The van der Waals surface area contributed by atoms with Gasteiger partial charge >= 0.3 is 7.60 Å². The number of halogens is 2. The average molecular weight is 718 g/mol. The third-order valence-corrected chi connectivity index (χ3v) is 11.6. The van der Waals surface area contributed by atoms with Crippen molar-refractivity contribution in [2.45, 2.75) is 53.0 Å². The molecule has 1 atom stereocenters. The van der Waals surface area contributed by atoms with Crippen molar-refractivity contribution in [1.82, 2.24) is 19.7 Å². The summed E-state index contributed by atoms with van der Waals surface area (Å²) in [5.74, 6) is -1.02. The highest BCUT2D eigenvalue weighted by Gasteiger charge is 2.36. The minimum absolute atomic E-state index is 0.210. The molecule has 0 spiro atoms. The number of imidazole rings is 1. The summed E-state index contributed by atoms with van der Waals surface area (Å²) >= 11 is 1.40. The number of hydrogen-bond acceptors (Lipinski definition) is 9. The maximum absolute atomic E-state index is 14.5. The van der Waals surface area contributed by atoms with Gasteiger partial charge in [0.2, 0.25) is 5.91 Å². The molecule has 3 aromatic heterocycles. The Labute approximate surface area is 291 Å². The molecule has 1 fully saturated rings. The van der Waals surface area contributed by atoms with Crippen LogP contribution in [0.3, 0.4) is 0 Å². The van der Waals surface area contributed by atoms with Crippen molar-refractivity contribution in [3.63, 3.8) is 0 Å². The van der Waals surface area contributed by atoms with E-state index in [0.29, 0.717) is 46.1 Å². The molecule has 4 heterocycles. The van der Waals surface area contributed by atoms with Crippen molar-refractivity contribution in [3.8, 4) is 27.5 Å². The molecule has 1 aliphatic heterocycles. The van der Waals surface area contributed by atoms with E-state index in [0.717, 1.165) is 40.0 Å². The summed E-state index contributed by atoms with van der Waals surface area (Å²) in [6.45, 7) is 7.76. The number of aryl methyl sites for hydroxylation is 2. The molecule has 1 aliphatic rings. The lowest BCUT2D eigenvalue weighted by molar-refractivity contribution is -0.120. The first-order chi connectivity index (χ1) is 24.1. The van der Waals surface area contributed by atoms with E-state index in [4.69, 9.17) is 23.5 Å². The smallest absolute Gasteiger partial charge is 0.361 e. The number of nitrogens with zero attached hydrogens (tertiary/aromatic N) is 5. The fraction of sp³-hybridized carbons (Fsp3) is 0.278. The second kappa shape index (κ2) is 13.6. The molecule has 6 aromatic rings. The Balaban J connectivity index is 1.35. The van der Waals surface area contributed by atoms with Crippen molar-refractivity contribution in [3.05, 3.63) is 95.0 Å². The molecular formula is C36H34F2N5O5PS. The van der Waals surface area contributed by atoms with Gasteiger partial charge in [0.1, 0.15) is 11.6 Å². The zero-order valence-electron chi connectivity index (χ0n) is 27.9. The Kier molecular flexibility index (Phi) is 9.25. The van der Waals surface area contributed by atoms with Gasteiger partial charge in [-0.3, -0.25) is 13.9 Å². The van der Waals surface area contributed by atoms with Gasteiger partial charge in [0.25, 0.3) is 0 Å². The van der Waals surface area contributed by atoms with Crippen LogP contribution in [0.15, 0.2) is 70.6 Å². The van der Waals surface area contributed by atoms with Crippen LogP contribution in [0.1, 0.15) is 56.4 Å². The van der Waals surface area contributed by atoms with Gasteiger partial charge in [-0.25, -0.2) is 18.7 Å². The number of thiazole rings is 1. The normalized spacial score (nSPS) is 15.4. The van der Waals surface area contributed by atoms with Gasteiger partial charge < -0.3 is 18.5 Å². The summed E-state index contributed by atoms with van der Waals surface area (Å²) in [6.07, 6.45) is 1.41. The van der Waals surface area contributed by atoms with E-state index in [1.165, 1.54) is 22.3 Å². The zero-order chi connectivity index (χ0) is 35.2. The van der Waals surface area contributed by atoms with E-state index in [1.54, 1.807) is 26.0 Å². The van der Waals surface area contributed by atoms with Crippen molar-refractivity contribution >= 4 is 46.9 Å². The van der Waals surface area contributed by atoms with Crippen LogP contribution in [0, 0.1) is 25.5 Å². The third kappa shape index (κ3) is 6.08. The number of amides is 1. The Morgan fingerprint density at radius 1 is 0.960 bits per heavy atom. The van der Waals surface area contributed by atoms with Gasteiger partial charge in [0.15, 0.2) is 16.8 Å². The Hall–Kier alpha value is -4.55. The first kappa shape index (κ1) is 33.9. The molecule has 7 rings (SSSR count). The van der Waals surface area contributed by atoms with Crippen LogP contribution in [-0.4, -0.2) is 38.8 Å². The van der Waals surface area contributed by atoms with Crippen LogP contribution in [0.2, 0.25) is 0 Å². The van der Waals surface area contributed by atoms with Crippen LogP contribution >= 0.6 is 18.9 Å². The number of fused-ring (bicyclic) bond motifs is 1. The minimum atomic E-state index is -3.45. The topological polar surface area (TPSA) is 113 Å². The van der Waals surface area contributed by atoms with E-state index in [9.17, 15) is 18.1 Å². The predicted octanol–water partition coefficient (Wildman–Crippen LogP) is 8.85. The van der Waals surface area contributed by atoms with Crippen molar-refractivity contribution in [2.24, 2.45) is 0 Å². The largest absolute Gasteiger partial charge is 0.361 e. The lowest BCUT2D eigenvalue weighted by Crippen LogP contribution is -2.39. The summed E-state index contributed by atoms with van der Waals surface area (Å²) in [5.41, 5.74) is 5.63. The van der Waals surface area contributed by atoms with Crippen LogP contribution < -0.4 is 10.2 Å². The molecule has 0 aliphatic carbocycles. The summed E-state index contributed by atoms with van der Waals surface area (Å²) in [7, 11) is -3.45. The van der Waals surface area contributed by atoms with E-state index >= 15 is 0 Å². The summed E-state index contributed by atoms with van der Waals surface area (Å²) < 4.78 is 60.2. The molecule has 1 saturated heterocycles. The molecule has 0 saturated carbocycles. The number of anilines is 1. The minimum Gasteiger partial charge on any atom is -0.361 e. The Bertz CT molecular complexity index is 2240. The zero-order valence-corrected chi connectivity index (χ0v) is 29.6. The number of hydrogen-bond donors (Lipinski definition) is 0. The number of aromatic nitrogens is 4. The average Bonchev–Trinajstić information content (AvgIpc) is 3.82. The predicted molar refractivity (Wildman–Crippen MR) is 188 cm³/mol. The number of carbonyl (C=O) groups is 1. The SMILES string of the molecule is CCOP(=O)(OCC)c1ccc(-c2csc(-n3c([C@@H]4CCCC(=O)N4c4ccc(F)c(F)c4)nc4cc(-c5c(C)noc5C)ccc43)n2)cc1. The van der Waals surface area contributed by atoms with E-state index in [2.05, 4.69) is 5.16 Å². The summed E-state index contributed by atoms with van der Waals surface area (Å²) in [5, 5.41) is 7.09. The number of piperidine rings is 1. The molecule has 50 heavy (non-hydrogen) atoms. The highest BCUT2D eigenvalue weighted by atomic mass is 32.1. The fourth-order valence-corrected chi connectivity index (χ4v) is 8.91. The molecule has 0 N–H and O–H groups in total. The van der Waals surface area contributed by atoms with Crippen molar-refractivity contribution < 1.29 is 31.7 Å². The molecule has 3 aromatic carbocycles. The number of carbonyl (C=O) groups excluding carboxylic acids is 1. The highest BCUT2D eigenvalue weighted by Crippen LogP contribution is 2.47. The Morgan fingerprint density at radius 2 is 1.70 bits per heavy atom. The molecule has 10 nitrogen and oxygen atoms in total. The van der Waals surface area contributed by atoms with Crippen molar-refractivity contribution in [1.29, 1.82) is 0 Å². The maximum atomic E-state index is 14.5. The Morgan fingerprint density at radius 3 is 2.38 bits per heavy atom. The van der Waals surface area contributed by atoms with Crippen molar-refractivity contribution in [2.75, 3.05) is 18.1 Å². The standard InChI is InChI=1S/C36H34F2N5O5PS/c1-5-46-49(45,47-6-2)26-14-10-23(11-15-26)30-20-50-36(40-30)43-31-17-12-24(34-21(3)41-48-22(34)4)18-29(31)39-35(43)32-8-7-9-33(44)42(32)25-13-16-27(37)28(38)19-25/h10-20,32H,5-9H2,1-4H3/t32-/m0/s1. The van der Waals surface area contributed by atoms with Gasteiger partial charge in [-0.1, -0.05) is 23.4 Å².